The van der Waals surface area contributed by atoms with Gasteiger partial charge in [0.15, 0.2) is 0 Å². The molecule has 2 atom stereocenters. The molecule has 0 radical (unpaired) electrons. The molecule has 2 unspecified atom stereocenters. The van der Waals surface area contributed by atoms with E-state index < -0.39 is 6.10 Å². The van der Waals surface area contributed by atoms with E-state index in [1.54, 1.807) is 30.4 Å². The topological polar surface area (TPSA) is 58.0 Å². The molecule has 2 heterocycles. The Balaban J connectivity index is 1.71. The second kappa shape index (κ2) is 7.99. The van der Waals surface area contributed by atoms with Gasteiger partial charge in [-0.1, -0.05) is 12.1 Å². The zero-order valence-corrected chi connectivity index (χ0v) is 12.3. The van der Waals surface area contributed by atoms with Gasteiger partial charge < -0.3 is 10.4 Å². The van der Waals surface area contributed by atoms with E-state index in [0.717, 1.165) is 16.3 Å². The summed E-state index contributed by atoms with van der Waals surface area (Å²) in [5, 5.41) is 14.4. The van der Waals surface area contributed by atoms with Crippen molar-refractivity contribution < 1.29 is 5.11 Å². The van der Waals surface area contributed by atoms with Gasteiger partial charge in [-0.25, -0.2) is 4.98 Å². The molecule has 0 aliphatic carbocycles. The molecular formula is C15H19N3OS. The lowest BCUT2D eigenvalue weighted by molar-refractivity contribution is 0.171. The first-order valence-corrected chi connectivity index (χ1v) is 7.59. The smallest absolute Gasteiger partial charge is 0.0960 e. The average molecular weight is 289 g/mol. The maximum absolute atomic E-state index is 10.0. The standard InChI is InChI=1S/C15H19N3OS/c1-12(11-20-15-6-2-3-8-17-15)18-10-14(19)13-5-4-7-16-9-13/h2-9,12,14,18-19H,10-11H2,1H3. The molecule has 2 aromatic rings. The Kier molecular flexibility index (Phi) is 5.98. The Morgan fingerprint density at radius 3 is 2.85 bits per heavy atom. The summed E-state index contributed by atoms with van der Waals surface area (Å²) >= 11 is 1.71. The van der Waals surface area contributed by atoms with Gasteiger partial charge in [0, 0.05) is 42.5 Å². The van der Waals surface area contributed by atoms with Crippen molar-refractivity contribution in [3.05, 3.63) is 54.5 Å². The van der Waals surface area contributed by atoms with Gasteiger partial charge in [-0.3, -0.25) is 4.98 Å². The third-order valence-electron chi connectivity index (χ3n) is 2.85. The lowest BCUT2D eigenvalue weighted by Gasteiger charge is -2.16. The molecule has 0 bridgehead atoms. The first-order valence-electron chi connectivity index (χ1n) is 6.61. The molecule has 106 valence electrons. The van der Waals surface area contributed by atoms with Crippen LogP contribution in [0.25, 0.3) is 0 Å². The fraction of sp³-hybridized carbons (Fsp3) is 0.333. The summed E-state index contributed by atoms with van der Waals surface area (Å²) in [5.74, 6) is 0.913. The van der Waals surface area contributed by atoms with Crippen molar-refractivity contribution in [2.75, 3.05) is 12.3 Å². The third-order valence-corrected chi connectivity index (χ3v) is 4.05. The number of thioether (sulfide) groups is 1. The maximum Gasteiger partial charge on any atom is 0.0960 e. The van der Waals surface area contributed by atoms with Crippen LogP contribution < -0.4 is 5.32 Å². The molecule has 20 heavy (non-hydrogen) atoms. The minimum Gasteiger partial charge on any atom is -0.387 e. The van der Waals surface area contributed by atoms with Gasteiger partial charge in [-0.05, 0) is 25.1 Å². The van der Waals surface area contributed by atoms with E-state index >= 15 is 0 Å². The van der Waals surface area contributed by atoms with Crippen LogP contribution in [0.15, 0.2) is 53.9 Å². The highest BCUT2D eigenvalue weighted by atomic mass is 32.2. The number of hydrogen-bond acceptors (Lipinski definition) is 5. The highest BCUT2D eigenvalue weighted by molar-refractivity contribution is 7.99. The molecule has 0 aliphatic heterocycles. The lowest BCUT2D eigenvalue weighted by Crippen LogP contribution is -2.32. The average Bonchev–Trinajstić information content (AvgIpc) is 2.52. The van der Waals surface area contributed by atoms with Crippen LogP contribution in [-0.4, -0.2) is 33.4 Å². The first-order chi connectivity index (χ1) is 9.75. The third kappa shape index (κ3) is 4.92. The number of nitrogens with one attached hydrogen (secondary N) is 1. The summed E-state index contributed by atoms with van der Waals surface area (Å²) in [7, 11) is 0. The van der Waals surface area contributed by atoms with E-state index in [1.807, 2.05) is 30.3 Å². The van der Waals surface area contributed by atoms with Crippen molar-refractivity contribution >= 4 is 11.8 Å². The minimum absolute atomic E-state index is 0.299. The molecule has 0 aromatic carbocycles. The molecule has 0 amide bonds. The van der Waals surface area contributed by atoms with E-state index in [4.69, 9.17) is 0 Å². The largest absolute Gasteiger partial charge is 0.387 e. The van der Waals surface area contributed by atoms with E-state index in [1.165, 1.54) is 0 Å². The highest BCUT2D eigenvalue weighted by Crippen LogP contribution is 2.15. The second-order valence-corrected chi connectivity index (χ2v) is 5.63. The number of aliphatic hydroxyl groups excluding tert-OH is 1. The number of rotatable bonds is 7. The Bertz CT molecular complexity index is 495. The number of aromatic nitrogens is 2. The van der Waals surface area contributed by atoms with E-state index in [2.05, 4.69) is 22.2 Å². The predicted octanol–water partition coefficient (Wildman–Crippen LogP) is 2.28. The summed E-state index contributed by atoms with van der Waals surface area (Å²) in [5.41, 5.74) is 0.838. The molecule has 2 rings (SSSR count). The van der Waals surface area contributed by atoms with Crippen LogP contribution in [0, 0.1) is 0 Å². The first kappa shape index (κ1) is 15.0. The molecule has 0 saturated heterocycles. The molecule has 2 aromatic heterocycles. The number of hydrogen-bond donors (Lipinski definition) is 2. The van der Waals surface area contributed by atoms with Gasteiger partial charge in [0.1, 0.15) is 0 Å². The molecule has 0 aliphatic rings. The predicted molar refractivity (Wildman–Crippen MR) is 81.6 cm³/mol. The molecule has 0 spiro atoms. The normalized spacial score (nSPS) is 13.9. The lowest BCUT2D eigenvalue weighted by atomic mass is 10.1. The Labute approximate surface area is 123 Å². The van der Waals surface area contributed by atoms with E-state index in [9.17, 15) is 5.11 Å². The van der Waals surface area contributed by atoms with Gasteiger partial charge in [-0.2, -0.15) is 0 Å². The van der Waals surface area contributed by atoms with Gasteiger partial charge in [-0.15, -0.1) is 11.8 Å². The minimum atomic E-state index is -0.522. The molecule has 0 fully saturated rings. The van der Waals surface area contributed by atoms with Crippen molar-refractivity contribution in [3.8, 4) is 0 Å². The van der Waals surface area contributed by atoms with Crippen molar-refractivity contribution in [2.45, 2.75) is 24.1 Å². The zero-order chi connectivity index (χ0) is 14.2. The molecule has 4 nitrogen and oxygen atoms in total. The molecule has 2 N–H and O–H groups in total. The van der Waals surface area contributed by atoms with Gasteiger partial charge in [0.25, 0.3) is 0 Å². The fourth-order valence-electron chi connectivity index (χ4n) is 1.71. The summed E-state index contributed by atoms with van der Waals surface area (Å²) in [4.78, 5) is 8.28. The summed E-state index contributed by atoms with van der Waals surface area (Å²) in [6, 6.07) is 9.91. The summed E-state index contributed by atoms with van der Waals surface area (Å²) in [6.07, 6.45) is 4.67. The summed E-state index contributed by atoms with van der Waals surface area (Å²) < 4.78 is 0. The van der Waals surface area contributed by atoms with Crippen LogP contribution in [0.5, 0.6) is 0 Å². The van der Waals surface area contributed by atoms with Crippen LogP contribution in [0.3, 0.4) is 0 Å². The van der Waals surface area contributed by atoms with Crippen molar-refractivity contribution in [2.24, 2.45) is 0 Å². The van der Waals surface area contributed by atoms with Crippen LogP contribution in [-0.2, 0) is 0 Å². The number of aliphatic hydroxyl groups is 1. The Morgan fingerprint density at radius 2 is 2.15 bits per heavy atom. The zero-order valence-electron chi connectivity index (χ0n) is 11.4. The quantitative estimate of drug-likeness (QED) is 0.766. The Hall–Kier alpha value is -1.43. The van der Waals surface area contributed by atoms with Crippen LogP contribution in [0.2, 0.25) is 0 Å². The fourth-order valence-corrected chi connectivity index (χ4v) is 2.55. The monoisotopic (exact) mass is 289 g/mol. The van der Waals surface area contributed by atoms with Crippen molar-refractivity contribution in [3.63, 3.8) is 0 Å². The SMILES string of the molecule is CC(CSc1ccccn1)NCC(O)c1cccnc1. The van der Waals surface area contributed by atoms with Gasteiger partial charge >= 0.3 is 0 Å². The molecular weight excluding hydrogens is 270 g/mol. The second-order valence-electron chi connectivity index (χ2n) is 4.59. The molecule has 0 saturated carbocycles. The van der Waals surface area contributed by atoms with Crippen molar-refractivity contribution in [1.82, 2.24) is 15.3 Å². The van der Waals surface area contributed by atoms with E-state index in [-0.39, 0.29) is 0 Å². The van der Waals surface area contributed by atoms with E-state index in [0.29, 0.717) is 12.6 Å². The van der Waals surface area contributed by atoms with Crippen LogP contribution >= 0.6 is 11.8 Å². The highest BCUT2D eigenvalue weighted by Gasteiger charge is 2.09. The summed E-state index contributed by atoms with van der Waals surface area (Å²) in [6.45, 7) is 2.63. The van der Waals surface area contributed by atoms with Crippen molar-refractivity contribution in [1.29, 1.82) is 0 Å². The maximum atomic E-state index is 10.0. The molecule has 5 heteroatoms. The van der Waals surface area contributed by atoms with Gasteiger partial charge in [0.2, 0.25) is 0 Å². The van der Waals surface area contributed by atoms with Gasteiger partial charge in [0.05, 0.1) is 11.1 Å². The number of nitrogens with zero attached hydrogens (tertiary/aromatic N) is 2. The number of pyridine rings is 2. The van der Waals surface area contributed by atoms with Crippen LogP contribution in [0.4, 0.5) is 0 Å². The Morgan fingerprint density at radius 1 is 1.25 bits per heavy atom. The van der Waals surface area contributed by atoms with Crippen LogP contribution in [0.1, 0.15) is 18.6 Å².